The molecule has 0 atom stereocenters. The molecule has 0 aliphatic carbocycles. The molecule has 4 aromatic rings. The van der Waals surface area contributed by atoms with Crippen LogP contribution in [0.2, 0.25) is 0 Å². The summed E-state index contributed by atoms with van der Waals surface area (Å²) in [5.41, 5.74) is 1.95. The predicted octanol–water partition coefficient (Wildman–Crippen LogP) is 6.53. The number of imide groups is 1. The molecular formula is C29H23NO4S. The average molecular weight is 482 g/mol. The van der Waals surface area contributed by atoms with Gasteiger partial charge in [-0.15, -0.1) is 0 Å². The Labute approximate surface area is 208 Å². The van der Waals surface area contributed by atoms with Gasteiger partial charge in [0.1, 0.15) is 24.7 Å². The van der Waals surface area contributed by atoms with Crippen LogP contribution < -0.4 is 9.47 Å². The first kappa shape index (κ1) is 22.7. The largest absolute Gasteiger partial charge is 0.492 e. The molecule has 0 bridgehead atoms. The van der Waals surface area contributed by atoms with Gasteiger partial charge in [0.25, 0.3) is 11.1 Å². The molecule has 2 amide bonds. The number of para-hydroxylation sites is 1. The number of ether oxygens (including phenoxy) is 2. The first-order chi connectivity index (χ1) is 17.2. The van der Waals surface area contributed by atoms with Gasteiger partial charge < -0.3 is 9.47 Å². The van der Waals surface area contributed by atoms with Gasteiger partial charge in [0.2, 0.25) is 0 Å². The van der Waals surface area contributed by atoms with Crippen LogP contribution in [-0.4, -0.2) is 29.2 Å². The van der Waals surface area contributed by atoms with Crippen molar-refractivity contribution in [2.75, 3.05) is 13.2 Å². The van der Waals surface area contributed by atoms with E-state index in [4.69, 9.17) is 9.47 Å². The summed E-state index contributed by atoms with van der Waals surface area (Å²) in [5, 5.41) is 2.08. The van der Waals surface area contributed by atoms with E-state index in [1.807, 2.05) is 72.8 Å². The Morgan fingerprint density at radius 1 is 0.743 bits per heavy atom. The zero-order valence-corrected chi connectivity index (χ0v) is 19.7. The first-order valence-electron chi connectivity index (χ1n) is 11.3. The van der Waals surface area contributed by atoms with E-state index in [2.05, 4.69) is 24.3 Å². The summed E-state index contributed by atoms with van der Waals surface area (Å²) in [6.07, 6.45) is 1.73. The zero-order chi connectivity index (χ0) is 24.0. The van der Waals surface area contributed by atoms with Crippen LogP contribution in [0.3, 0.4) is 0 Å². The molecule has 0 radical (unpaired) electrons. The molecule has 0 saturated carbocycles. The Morgan fingerprint density at radius 2 is 1.46 bits per heavy atom. The standard InChI is InChI=1S/C29H23NO4S/c31-28-27(35-29(32)30(28)17-18-33-24-10-2-1-3-11-24)19-21-13-15-25(16-14-21)34-20-23-9-6-8-22-7-4-5-12-26(22)23/h1-16,19H,17-18,20H2/b27-19-. The van der Waals surface area contributed by atoms with Gasteiger partial charge in [0, 0.05) is 0 Å². The molecule has 5 rings (SSSR count). The zero-order valence-electron chi connectivity index (χ0n) is 18.9. The third-order valence-electron chi connectivity index (χ3n) is 5.65. The lowest BCUT2D eigenvalue weighted by Crippen LogP contribution is -2.32. The Kier molecular flexibility index (Phi) is 6.82. The van der Waals surface area contributed by atoms with E-state index in [1.165, 1.54) is 15.7 Å². The van der Waals surface area contributed by atoms with Gasteiger partial charge >= 0.3 is 0 Å². The van der Waals surface area contributed by atoms with Crippen LogP contribution in [0.25, 0.3) is 16.8 Å². The van der Waals surface area contributed by atoms with Crippen LogP contribution in [0.4, 0.5) is 4.79 Å². The topological polar surface area (TPSA) is 55.8 Å². The van der Waals surface area contributed by atoms with E-state index in [0.717, 1.165) is 28.6 Å². The number of carbonyl (C=O) groups is 2. The molecular weight excluding hydrogens is 458 g/mol. The second-order valence-corrected chi connectivity index (χ2v) is 8.98. The van der Waals surface area contributed by atoms with Gasteiger partial charge in [0.05, 0.1) is 11.4 Å². The van der Waals surface area contributed by atoms with E-state index < -0.39 is 0 Å². The smallest absolute Gasteiger partial charge is 0.293 e. The number of thioether (sulfide) groups is 1. The van der Waals surface area contributed by atoms with Gasteiger partial charge in [-0.05, 0) is 64.0 Å². The second kappa shape index (κ2) is 10.5. The average Bonchev–Trinajstić information content (AvgIpc) is 3.16. The third-order valence-corrected chi connectivity index (χ3v) is 6.56. The molecule has 0 aromatic heterocycles. The van der Waals surface area contributed by atoms with E-state index in [1.54, 1.807) is 6.08 Å². The van der Waals surface area contributed by atoms with Crippen LogP contribution in [0.15, 0.2) is 102 Å². The number of amides is 2. The summed E-state index contributed by atoms with van der Waals surface area (Å²) in [6.45, 7) is 0.917. The van der Waals surface area contributed by atoms with Crippen LogP contribution in [-0.2, 0) is 11.4 Å². The van der Waals surface area contributed by atoms with Crippen molar-refractivity contribution in [2.24, 2.45) is 0 Å². The van der Waals surface area contributed by atoms with E-state index in [-0.39, 0.29) is 24.3 Å². The van der Waals surface area contributed by atoms with E-state index in [9.17, 15) is 9.59 Å². The minimum absolute atomic E-state index is 0.206. The maximum Gasteiger partial charge on any atom is 0.293 e. The molecule has 0 spiro atoms. The molecule has 6 heteroatoms. The van der Waals surface area contributed by atoms with Gasteiger partial charge in [-0.3, -0.25) is 14.5 Å². The monoisotopic (exact) mass is 481 g/mol. The maximum absolute atomic E-state index is 12.7. The minimum atomic E-state index is -0.298. The Morgan fingerprint density at radius 3 is 2.29 bits per heavy atom. The molecule has 1 aliphatic rings. The summed E-state index contributed by atoms with van der Waals surface area (Å²) < 4.78 is 11.6. The second-order valence-electron chi connectivity index (χ2n) is 7.99. The maximum atomic E-state index is 12.7. The van der Waals surface area contributed by atoms with Crippen molar-refractivity contribution < 1.29 is 19.1 Å². The van der Waals surface area contributed by atoms with Gasteiger partial charge in [0.15, 0.2) is 0 Å². The highest BCUT2D eigenvalue weighted by Crippen LogP contribution is 2.32. The van der Waals surface area contributed by atoms with Crippen molar-refractivity contribution in [1.82, 2.24) is 4.90 Å². The highest BCUT2D eigenvalue weighted by Gasteiger charge is 2.34. The van der Waals surface area contributed by atoms with Crippen molar-refractivity contribution in [3.05, 3.63) is 113 Å². The van der Waals surface area contributed by atoms with E-state index >= 15 is 0 Å². The summed E-state index contributed by atoms with van der Waals surface area (Å²) in [4.78, 5) is 26.7. The fraction of sp³-hybridized carbons (Fsp3) is 0.103. The predicted molar refractivity (Wildman–Crippen MR) is 139 cm³/mol. The molecule has 35 heavy (non-hydrogen) atoms. The summed E-state index contributed by atoms with van der Waals surface area (Å²) in [7, 11) is 0. The number of nitrogens with zero attached hydrogens (tertiary/aromatic N) is 1. The molecule has 1 fully saturated rings. The highest BCUT2D eigenvalue weighted by atomic mass is 32.2. The minimum Gasteiger partial charge on any atom is -0.492 e. The van der Waals surface area contributed by atoms with Crippen molar-refractivity contribution in [3.63, 3.8) is 0 Å². The SMILES string of the molecule is O=C1S/C(=C\c2ccc(OCc3cccc4ccccc34)cc2)C(=O)N1CCOc1ccccc1. The molecule has 4 aromatic carbocycles. The van der Waals surface area contributed by atoms with Gasteiger partial charge in [-0.25, -0.2) is 0 Å². The molecule has 1 saturated heterocycles. The molecule has 5 nitrogen and oxygen atoms in total. The van der Waals surface area contributed by atoms with E-state index in [0.29, 0.717) is 17.3 Å². The molecule has 0 N–H and O–H groups in total. The molecule has 1 aliphatic heterocycles. The third kappa shape index (κ3) is 5.39. The quantitative estimate of drug-likeness (QED) is 0.268. The van der Waals surface area contributed by atoms with Crippen molar-refractivity contribution in [2.45, 2.75) is 6.61 Å². The summed E-state index contributed by atoms with van der Waals surface area (Å²) in [5.74, 6) is 1.15. The van der Waals surface area contributed by atoms with Gasteiger partial charge in [-0.2, -0.15) is 0 Å². The number of hydrogen-bond acceptors (Lipinski definition) is 5. The lowest BCUT2D eigenvalue weighted by Gasteiger charge is -2.13. The highest BCUT2D eigenvalue weighted by molar-refractivity contribution is 8.18. The van der Waals surface area contributed by atoms with Crippen molar-refractivity contribution in [1.29, 1.82) is 0 Å². The number of benzene rings is 4. The Bertz CT molecular complexity index is 1380. The number of carbonyl (C=O) groups excluding carboxylic acids is 2. The van der Waals surface area contributed by atoms with Crippen molar-refractivity contribution >= 4 is 39.8 Å². The normalized spacial score (nSPS) is 14.6. The lowest BCUT2D eigenvalue weighted by molar-refractivity contribution is -0.123. The van der Waals surface area contributed by atoms with Crippen LogP contribution in [0.1, 0.15) is 11.1 Å². The van der Waals surface area contributed by atoms with Crippen molar-refractivity contribution in [3.8, 4) is 11.5 Å². The molecule has 174 valence electrons. The Balaban J connectivity index is 1.19. The molecule has 1 heterocycles. The summed E-state index contributed by atoms with van der Waals surface area (Å²) in [6, 6.07) is 31.2. The van der Waals surface area contributed by atoms with Crippen LogP contribution >= 0.6 is 11.8 Å². The summed E-state index contributed by atoms with van der Waals surface area (Å²) >= 11 is 0.947. The van der Waals surface area contributed by atoms with Crippen LogP contribution in [0.5, 0.6) is 11.5 Å². The fourth-order valence-corrected chi connectivity index (χ4v) is 4.72. The fourth-order valence-electron chi connectivity index (χ4n) is 3.86. The lowest BCUT2D eigenvalue weighted by atomic mass is 10.1. The number of rotatable bonds is 8. The Hall–Kier alpha value is -4.03. The van der Waals surface area contributed by atoms with Crippen LogP contribution in [0, 0.1) is 0 Å². The molecule has 0 unspecified atom stereocenters. The number of fused-ring (bicyclic) bond motifs is 1. The van der Waals surface area contributed by atoms with Gasteiger partial charge in [-0.1, -0.05) is 72.8 Å². The number of hydrogen-bond donors (Lipinski definition) is 0. The first-order valence-corrected chi connectivity index (χ1v) is 12.1.